The van der Waals surface area contributed by atoms with Crippen LogP contribution in [-0.2, 0) is 11.3 Å². The molecule has 0 amide bonds. The summed E-state index contributed by atoms with van der Waals surface area (Å²) in [7, 11) is 0. The standard InChI is InChI=1S/C10H15N3O3/c1-7-11-8(12-16-7)6-13-5-3-4-10(13,2)9(14)15/h3-6H2,1-2H3,(H,14,15). The van der Waals surface area contributed by atoms with Gasteiger partial charge in [0.2, 0.25) is 5.89 Å². The average molecular weight is 225 g/mol. The maximum atomic E-state index is 11.2. The van der Waals surface area contributed by atoms with Crippen molar-refractivity contribution in [3.05, 3.63) is 11.7 Å². The SMILES string of the molecule is Cc1nc(CN2CCCC2(C)C(=O)O)no1. The van der Waals surface area contributed by atoms with E-state index >= 15 is 0 Å². The first-order valence-electron chi connectivity index (χ1n) is 5.30. The van der Waals surface area contributed by atoms with Crippen molar-refractivity contribution in [3.63, 3.8) is 0 Å². The zero-order chi connectivity index (χ0) is 11.8. The van der Waals surface area contributed by atoms with E-state index in [-0.39, 0.29) is 0 Å². The lowest BCUT2D eigenvalue weighted by Gasteiger charge is -2.29. The molecule has 2 heterocycles. The highest BCUT2D eigenvalue weighted by atomic mass is 16.5. The predicted octanol–water partition coefficient (Wildman–Crippen LogP) is 0.817. The second-order valence-corrected chi connectivity index (χ2v) is 4.33. The van der Waals surface area contributed by atoms with Gasteiger partial charge in [-0.05, 0) is 26.3 Å². The minimum atomic E-state index is -0.797. The first-order valence-corrected chi connectivity index (χ1v) is 5.30. The Morgan fingerprint density at radius 3 is 3.00 bits per heavy atom. The Hall–Kier alpha value is -1.43. The molecule has 0 aliphatic carbocycles. The number of carboxylic acids is 1. The lowest BCUT2D eigenvalue weighted by atomic mass is 9.99. The average Bonchev–Trinajstić information content (AvgIpc) is 2.76. The monoisotopic (exact) mass is 225 g/mol. The minimum Gasteiger partial charge on any atom is -0.480 e. The molecule has 1 aromatic heterocycles. The number of aliphatic carboxylic acids is 1. The number of likely N-dealkylation sites (tertiary alicyclic amines) is 1. The van der Waals surface area contributed by atoms with Gasteiger partial charge < -0.3 is 9.63 Å². The number of rotatable bonds is 3. The fourth-order valence-electron chi connectivity index (χ4n) is 2.09. The summed E-state index contributed by atoms with van der Waals surface area (Å²) in [6.07, 6.45) is 1.55. The zero-order valence-corrected chi connectivity index (χ0v) is 9.43. The Morgan fingerprint density at radius 1 is 1.69 bits per heavy atom. The van der Waals surface area contributed by atoms with Gasteiger partial charge in [-0.1, -0.05) is 5.16 Å². The molecule has 16 heavy (non-hydrogen) atoms. The summed E-state index contributed by atoms with van der Waals surface area (Å²) < 4.78 is 4.87. The van der Waals surface area contributed by atoms with E-state index in [9.17, 15) is 9.90 Å². The summed E-state index contributed by atoms with van der Waals surface area (Å²) >= 11 is 0. The van der Waals surface area contributed by atoms with Crippen LogP contribution in [0.4, 0.5) is 0 Å². The molecule has 1 atom stereocenters. The Kier molecular flexibility index (Phi) is 2.67. The van der Waals surface area contributed by atoms with Crippen LogP contribution in [0.15, 0.2) is 4.52 Å². The van der Waals surface area contributed by atoms with E-state index in [0.29, 0.717) is 24.7 Å². The molecule has 0 bridgehead atoms. The van der Waals surface area contributed by atoms with Crippen molar-refractivity contribution < 1.29 is 14.4 Å². The molecule has 0 aromatic carbocycles. The van der Waals surface area contributed by atoms with Gasteiger partial charge >= 0.3 is 5.97 Å². The summed E-state index contributed by atoms with van der Waals surface area (Å²) in [5.41, 5.74) is -0.797. The van der Waals surface area contributed by atoms with Crippen molar-refractivity contribution in [2.75, 3.05) is 6.54 Å². The maximum absolute atomic E-state index is 11.2. The molecule has 6 nitrogen and oxygen atoms in total. The van der Waals surface area contributed by atoms with E-state index in [1.54, 1.807) is 13.8 Å². The maximum Gasteiger partial charge on any atom is 0.323 e. The van der Waals surface area contributed by atoms with E-state index in [0.717, 1.165) is 13.0 Å². The fourth-order valence-corrected chi connectivity index (χ4v) is 2.09. The molecule has 1 aromatic rings. The van der Waals surface area contributed by atoms with Crippen molar-refractivity contribution in [3.8, 4) is 0 Å². The van der Waals surface area contributed by atoms with Crippen LogP contribution in [0.3, 0.4) is 0 Å². The van der Waals surface area contributed by atoms with Gasteiger partial charge in [-0.3, -0.25) is 9.69 Å². The number of hydrogen-bond acceptors (Lipinski definition) is 5. The number of nitrogens with zero attached hydrogens (tertiary/aromatic N) is 3. The number of aryl methyl sites for hydroxylation is 1. The van der Waals surface area contributed by atoms with Crippen LogP contribution in [0.25, 0.3) is 0 Å². The molecule has 1 aliphatic rings. The largest absolute Gasteiger partial charge is 0.480 e. The Labute approximate surface area is 93.2 Å². The van der Waals surface area contributed by atoms with Crippen molar-refractivity contribution in [2.24, 2.45) is 0 Å². The van der Waals surface area contributed by atoms with Gasteiger partial charge in [-0.2, -0.15) is 4.98 Å². The quantitative estimate of drug-likeness (QED) is 0.820. The molecule has 1 aliphatic heterocycles. The van der Waals surface area contributed by atoms with Gasteiger partial charge in [0.05, 0.1) is 6.54 Å². The molecule has 1 saturated heterocycles. The Balaban J connectivity index is 2.12. The van der Waals surface area contributed by atoms with Gasteiger partial charge in [-0.15, -0.1) is 0 Å². The van der Waals surface area contributed by atoms with E-state index in [1.807, 2.05) is 4.90 Å². The first kappa shape index (κ1) is 11.1. The summed E-state index contributed by atoms with van der Waals surface area (Å²) in [4.78, 5) is 17.2. The van der Waals surface area contributed by atoms with Crippen molar-refractivity contribution in [1.82, 2.24) is 15.0 Å². The second kappa shape index (κ2) is 3.86. The summed E-state index contributed by atoms with van der Waals surface area (Å²) in [5.74, 6) is 0.267. The van der Waals surface area contributed by atoms with Crippen LogP contribution in [-0.4, -0.2) is 38.2 Å². The highest BCUT2D eigenvalue weighted by molar-refractivity contribution is 5.78. The van der Waals surface area contributed by atoms with Crippen LogP contribution < -0.4 is 0 Å². The van der Waals surface area contributed by atoms with E-state index in [1.165, 1.54) is 0 Å². The second-order valence-electron chi connectivity index (χ2n) is 4.33. The summed E-state index contributed by atoms with van der Waals surface area (Å²) in [6, 6.07) is 0. The Morgan fingerprint density at radius 2 is 2.44 bits per heavy atom. The van der Waals surface area contributed by atoms with Gasteiger partial charge in [0.25, 0.3) is 0 Å². The lowest BCUT2D eigenvalue weighted by molar-refractivity contribution is -0.149. The van der Waals surface area contributed by atoms with Crippen molar-refractivity contribution >= 4 is 5.97 Å². The number of carboxylic acid groups (broad SMARTS) is 1. The van der Waals surface area contributed by atoms with E-state index < -0.39 is 11.5 Å². The summed E-state index contributed by atoms with van der Waals surface area (Å²) in [6.45, 7) is 4.66. The number of carbonyl (C=O) groups is 1. The molecule has 0 spiro atoms. The smallest absolute Gasteiger partial charge is 0.323 e. The minimum absolute atomic E-state index is 0.431. The van der Waals surface area contributed by atoms with Gasteiger partial charge in [0.15, 0.2) is 5.82 Å². The van der Waals surface area contributed by atoms with Crippen molar-refractivity contribution in [2.45, 2.75) is 38.8 Å². The molecule has 1 fully saturated rings. The highest BCUT2D eigenvalue weighted by Gasteiger charge is 2.43. The van der Waals surface area contributed by atoms with Crippen LogP contribution in [0.5, 0.6) is 0 Å². The normalized spacial score (nSPS) is 26.1. The molecular formula is C10H15N3O3. The molecule has 6 heteroatoms. The topological polar surface area (TPSA) is 79.5 Å². The highest BCUT2D eigenvalue weighted by Crippen LogP contribution is 2.30. The van der Waals surface area contributed by atoms with Crippen LogP contribution in [0, 0.1) is 6.92 Å². The third kappa shape index (κ3) is 1.80. The zero-order valence-electron chi connectivity index (χ0n) is 9.43. The third-order valence-electron chi connectivity index (χ3n) is 3.15. The van der Waals surface area contributed by atoms with E-state index in [4.69, 9.17) is 4.52 Å². The first-order chi connectivity index (χ1) is 7.52. The third-order valence-corrected chi connectivity index (χ3v) is 3.15. The molecule has 0 radical (unpaired) electrons. The lowest BCUT2D eigenvalue weighted by Crippen LogP contribution is -2.47. The molecule has 1 N–H and O–H groups in total. The molecule has 1 unspecified atom stereocenters. The van der Waals surface area contributed by atoms with Gasteiger partial charge in [0.1, 0.15) is 5.54 Å². The summed E-state index contributed by atoms with van der Waals surface area (Å²) in [5, 5.41) is 13.0. The molecule has 2 rings (SSSR count). The van der Waals surface area contributed by atoms with Crippen molar-refractivity contribution in [1.29, 1.82) is 0 Å². The van der Waals surface area contributed by atoms with Crippen LogP contribution >= 0.6 is 0 Å². The van der Waals surface area contributed by atoms with Crippen LogP contribution in [0.1, 0.15) is 31.5 Å². The Bertz CT molecular complexity index is 404. The number of hydrogen-bond donors (Lipinski definition) is 1. The fraction of sp³-hybridized carbons (Fsp3) is 0.700. The number of aromatic nitrogens is 2. The van der Waals surface area contributed by atoms with Crippen LogP contribution in [0.2, 0.25) is 0 Å². The molecule has 88 valence electrons. The van der Waals surface area contributed by atoms with Gasteiger partial charge in [0, 0.05) is 6.92 Å². The molecule has 0 saturated carbocycles. The molecular weight excluding hydrogens is 210 g/mol. The predicted molar refractivity (Wildman–Crippen MR) is 54.7 cm³/mol. The van der Waals surface area contributed by atoms with E-state index in [2.05, 4.69) is 10.1 Å². The van der Waals surface area contributed by atoms with Gasteiger partial charge in [-0.25, -0.2) is 0 Å².